The Morgan fingerprint density at radius 1 is 0.955 bits per heavy atom. The molecule has 0 aliphatic carbocycles. The third-order valence-electron chi connectivity index (χ3n) is 3.75. The molecule has 0 bridgehead atoms. The molecule has 0 saturated heterocycles. The van der Waals surface area contributed by atoms with E-state index in [1.54, 1.807) is 12.1 Å². The molecule has 2 aromatic carbocycles. The van der Waals surface area contributed by atoms with E-state index < -0.39 is 0 Å². The van der Waals surface area contributed by atoms with Gasteiger partial charge in [0.2, 0.25) is 5.90 Å². The van der Waals surface area contributed by atoms with Crippen molar-refractivity contribution in [1.82, 2.24) is 4.98 Å². The van der Waals surface area contributed by atoms with Crippen molar-refractivity contribution in [3.8, 4) is 5.75 Å². The number of nitrogens with zero attached hydrogens (tertiary/aromatic N) is 2. The van der Waals surface area contributed by atoms with E-state index in [1.165, 1.54) is 0 Å². The molecule has 108 valence electrons. The van der Waals surface area contributed by atoms with Crippen LogP contribution in [-0.2, 0) is 4.74 Å². The van der Waals surface area contributed by atoms with Gasteiger partial charge in [0.1, 0.15) is 29.6 Å². The third-order valence-corrected chi connectivity index (χ3v) is 3.75. The van der Waals surface area contributed by atoms with Crippen LogP contribution in [0.25, 0.3) is 10.9 Å². The fourth-order valence-electron chi connectivity index (χ4n) is 2.61. The number of hydrogen-bond donors (Lipinski definition) is 1. The predicted octanol–water partition coefficient (Wildman–Crippen LogP) is 3.46. The fraction of sp³-hybridized carbons (Fsp3) is 0.111. The molecular formula is C18H14N2O2. The Labute approximate surface area is 127 Å². The highest BCUT2D eigenvalue weighted by Crippen LogP contribution is 2.27. The normalized spacial score (nSPS) is 17.3. The van der Waals surface area contributed by atoms with E-state index in [9.17, 15) is 5.11 Å². The van der Waals surface area contributed by atoms with Crippen molar-refractivity contribution < 1.29 is 9.84 Å². The van der Waals surface area contributed by atoms with Crippen LogP contribution in [0.15, 0.2) is 65.7 Å². The summed E-state index contributed by atoms with van der Waals surface area (Å²) in [5.41, 5.74) is 2.34. The Bertz CT molecular complexity index is 859. The van der Waals surface area contributed by atoms with E-state index in [2.05, 4.69) is 9.98 Å². The molecule has 1 aliphatic rings. The van der Waals surface area contributed by atoms with Crippen LogP contribution in [0.3, 0.4) is 0 Å². The first-order valence-electron chi connectivity index (χ1n) is 7.16. The summed E-state index contributed by atoms with van der Waals surface area (Å²) < 4.78 is 5.70. The highest BCUT2D eigenvalue weighted by atomic mass is 16.5. The highest BCUT2D eigenvalue weighted by molar-refractivity contribution is 5.96. The summed E-state index contributed by atoms with van der Waals surface area (Å²) in [5.74, 6) is 0.691. The van der Waals surface area contributed by atoms with E-state index >= 15 is 0 Å². The summed E-state index contributed by atoms with van der Waals surface area (Å²) in [4.78, 5) is 9.09. The molecule has 0 unspecified atom stereocenters. The molecule has 0 spiro atoms. The second-order valence-electron chi connectivity index (χ2n) is 5.22. The van der Waals surface area contributed by atoms with Gasteiger partial charge in [-0.15, -0.1) is 0 Å². The summed E-state index contributed by atoms with van der Waals surface area (Å²) in [7, 11) is 0. The maximum atomic E-state index is 9.93. The number of pyridine rings is 1. The van der Waals surface area contributed by atoms with Gasteiger partial charge in [-0.2, -0.15) is 0 Å². The van der Waals surface area contributed by atoms with E-state index in [1.807, 2.05) is 48.5 Å². The van der Waals surface area contributed by atoms with Gasteiger partial charge in [0.25, 0.3) is 0 Å². The smallest absolute Gasteiger partial charge is 0.236 e. The molecule has 1 aromatic heterocycles. The lowest BCUT2D eigenvalue weighted by Crippen LogP contribution is -2.04. The zero-order valence-electron chi connectivity index (χ0n) is 11.8. The monoisotopic (exact) mass is 290 g/mol. The summed E-state index contributed by atoms with van der Waals surface area (Å²) in [5, 5.41) is 10.8. The number of aromatic hydroxyl groups is 1. The van der Waals surface area contributed by atoms with Gasteiger partial charge in [0.15, 0.2) is 0 Å². The molecule has 4 heteroatoms. The SMILES string of the molecule is Oc1cccc2ccc(C3=N[C@H](c4ccccc4)CO3)nc12. The quantitative estimate of drug-likeness (QED) is 0.786. The molecule has 0 fully saturated rings. The highest BCUT2D eigenvalue weighted by Gasteiger charge is 2.22. The van der Waals surface area contributed by atoms with Crippen LogP contribution in [0.2, 0.25) is 0 Å². The van der Waals surface area contributed by atoms with Crippen molar-refractivity contribution >= 4 is 16.8 Å². The average molecular weight is 290 g/mol. The molecule has 0 amide bonds. The Morgan fingerprint density at radius 2 is 1.82 bits per heavy atom. The molecule has 3 aromatic rings. The maximum absolute atomic E-state index is 9.93. The largest absolute Gasteiger partial charge is 0.506 e. The lowest BCUT2D eigenvalue weighted by atomic mass is 10.1. The molecule has 1 aliphatic heterocycles. The van der Waals surface area contributed by atoms with Crippen molar-refractivity contribution in [2.75, 3.05) is 6.61 Å². The number of ether oxygens (including phenoxy) is 1. The van der Waals surface area contributed by atoms with E-state index in [0.717, 1.165) is 10.9 Å². The number of para-hydroxylation sites is 1. The number of phenols is 1. The predicted molar refractivity (Wildman–Crippen MR) is 85.1 cm³/mol. The van der Waals surface area contributed by atoms with Crippen molar-refractivity contribution in [3.05, 3.63) is 71.9 Å². The maximum Gasteiger partial charge on any atom is 0.236 e. The standard InChI is InChI=1S/C18H14N2O2/c21-16-8-4-7-13-9-10-14(19-17(13)16)18-20-15(11-22-18)12-5-2-1-3-6-12/h1-10,15,21H,11H2/t15-/m0/s1. The first-order valence-corrected chi connectivity index (χ1v) is 7.16. The number of aliphatic imine (C=N–C) groups is 1. The Hall–Kier alpha value is -2.88. The minimum atomic E-state index is -0.00179. The molecule has 1 N–H and O–H groups in total. The summed E-state index contributed by atoms with van der Waals surface area (Å²) >= 11 is 0. The van der Waals surface area contributed by atoms with Crippen LogP contribution in [0, 0.1) is 0 Å². The van der Waals surface area contributed by atoms with Gasteiger partial charge in [-0.05, 0) is 17.7 Å². The lowest BCUT2D eigenvalue weighted by molar-refractivity contribution is 0.319. The second kappa shape index (κ2) is 5.15. The summed E-state index contributed by atoms with van der Waals surface area (Å²) in [6.07, 6.45) is 0. The molecule has 0 radical (unpaired) electrons. The van der Waals surface area contributed by atoms with Crippen LogP contribution in [0.4, 0.5) is 0 Å². The van der Waals surface area contributed by atoms with Gasteiger partial charge in [0.05, 0.1) is 0 Å². The first-order chi connectivity index (χ1) is 10.8. The van der Waals surface area contributed by atoms with Crippen LogP contribution in [0.5, 0.6) is 5.75 Å². The zero-order valence-corrected chi connectivity index (χ0v) is 11.8. The van der Waals surface area contributed by atoms with Crippen LogP contribution < -0.4 is 0 Å². The van der Waals surface area contributed by atoms with Gasteiger partial charge in [-0.3, -0.25) is 0 Å². The molecular weight excluding hydrogens is 276 g/mol. The fourth-order valence-corrected chi connectivity index (χ4v) is 2.61. The van der Waals surface area contributed by atoms with Crippen molar-refractivity contribution in [2.24, 2.45) is 4.99 Å². The molecule has 4 nitrogen and oxygen atoms in total. The number of fused-ring (bicyclic) bond motifs is 1. The molecule has 0 saturated carbocycles. The van der Waals surface area contributed by atoms with Gasteiger partial charge in [0, 0.05) is 5.39 Å². The minimum Gasteiger partial charge on any atom is -0.506 e. The number of phenolic OH excluding ortho intramolecular Hbond substituents is 1. The van der Waals surface area contributed by atoms with Crippen molar-refractivity contribution in [1.29, 1.82) is 0 Å². The third kappa shape index (κ3) is 2.19. The number of hydrogen-bond acceptors (Lipinski definition) is 4. The summed E-state index contributed by atoms with van der Waals surface area (Å²) in [6, 6.07) is 19.2. The summed E-state index contributed by atoms with van der Waals surface area (Å²) in [6.45, 7) is 0.514. The van der Waals surface area contributed by atoms with Crippen molar-refractivity contribution in [3.63, 3.8) is 0 Å². The minimum absolute atomic E-state index is 0.00179. The van der Waals surface area contributed by atoms with Crippen molar-refractivity contribution in [2.45, 2.75) is 6.04 Å². The Morgan fingerprint density at radius 3 is 2.68 bits per heavy atom. The lowest BCUT2D eigenvalue weighted by Gasteiger charge is -2.04. The number of aromatic nitrogens is 1. The van der Waals surface area contributed by atoms with Crippen LogP contribution in [0.1, 0.15) is 17.3 Å². The molecule has 1 atom stereocenters. The first kappa shape index (κ1) is 12.8. The van der Waals surface area contributed by atoms with E-state index in [0.29, 0.717) is 23.7 Å². The number of rotatable bonds is 2. The Balaban J connectivity index is 1.72. The Kier molecular flexibility index (Phi) is 3.00. The molecule has 22 heavy (non-hydrogen) atoms. The van der Waals surface area contributed by atoms with Crippen LogP contribution >= 0.6 is 0 Å². The van der Waals surface area contributed by atoms with Gasteiger partial charge in [-0.1, -0.05) is 48.5 Å². The zero-order chi connectivity index (χ0) is 14.9. The second-order valence-corrected chi connectivity index (χ2v) is 5.22. The average Bonchev–Trinajstić information content (AvgIpc) is 3.06. The molecule has 2 heterocycles. The van der Waals surface area contributed by atoms with Crippen LogP contribution in [-0.4, -0.2) is 22.6 Å². The topological polar surface area (TPSA) is 54.7 Å². The van der Waals surface area contributed by atoms with Gasteiger partial charge >= 0.3 is 0 Å². The number of benzene rings is 2. The van der Waals surface area contributed by atoms with E-state index in [4.69, 9.17) is 4.74 Å². The van der Waals surface area contributed by atoms with E-state index in [-0.39, 0.29) is 11.8 Å². The van der Waals surface area contributed by atoms with Gasteiger partial charge < -0.3 is 9.84 Å². The van der Waals surface area contributed by atoms with Gasteiger partial charge in [-0.25, -0.2) is 9.98 Å². The molecule has 4 rings (SSSR count).